The minimum atomic E-state index is -0.312. The summed E-state index contributed by atoms with van der Waals surface area (Å²) in [5.41, 5.74) is 3.08. The number of carbonyl (C=O) groups excluding carboxylic acids is 2. The molecular weight excluding hydrogens is 346 g/mol. The van der Waals surface area contributed by atoms with Crippen molar-refractivity contribution in [3.05, 3.63) is 53.1 Å². The Balaban J connectivity index is 1.55. The Bertz CT molecular complexity index is 864. The van der Waals surface area contributed by atoms with Crippen molar-refractivity contribution in [1.29, 1.82) is 0 Å². The first-order valence-corrected chi connectivity index (χ1v) is 8.70. The van der Waals surface area contributed by atoms with Crippen molar-refractivity contribution in [2.75, 3.05) is 32.7 Å². The highest BCUT2D eigenvalue weighted by atomic mass is 16.7. The van der Waals surface area contributed by atoms with Gasteiger partial charge >= 0.3 is 6.03 Å². The van der Waals surface area contributed by atoms with Gasteiger partial charge in [0, 0.05) is 31.9 Å². The quantitative estimate of drug-likeness (QED) is 0.849. The van der Waals surface area contributed by atoms with E-state index in [0.29, 0.717) is 24.2 Å². The van der Waals surface area contributed by atoms with Crippen LogP contribution in [0.3, 0.4) is 0 Å². The maximum Gasteiger partial charge on any atom is 0.319 e. The molecule has 2 N–H and O–H groups in total. The summed E-state index contributed by atoms with van der Waals surface area (Å²) in [6.07, 6.45) is 0.669. The molecule has 0 aromatic heterocycles. The van der Waals surface area contributed by atoms with Crippen LogP contribution in [0, 0.1) is 6.92 Å². The molecule has 0 aliphatic carbocycles. The van der Waals surface area contributed by atoms with Crippen LogP contribution in [0.15, 0.2) is 36.4 Å². The Labute approximate surface area is 158 Å². The van der Waals surface area contributed by atoms with Gasteiger partial charge in [-0.3, -0.25) is 4.79 Å². The molecule has 142 valence electrons. The highest BCUT2D eigenvalue weighted by molar-refractivity contribution is 5.97. The van der Waals surface area contributed by atoms with Crippen molar-refractivity contribution in [1.82, 2.24) is 10.2 Å². The molecule has 0 fully saturated rings. The minimum absolute atomic E-state index is 0.110. The number of aryl methyl sites for hydroxylation is 1. The van der Waals surface area contributed by atoms with Gasteiger partial charge in [0.25, 0.3) is 5.91 Å². The third kappa shape index (κ3) is 4.49. The molecule has 7 nitrogen and oxygen atoms in total. The third-order valence-electron chi connectivity index (χ3n) is 4.28. The first kappa shape index (κ1) is 18.6. The van der Waals surface area contributed by atoms with Gasteiger partial charge in [-0.1, -0.05) is 12.1 Å². The standard InChI is InChI=1S/C20H23N3O4/c1-13-4-6-15(19(24)23(2)3)11-16(13)22-20(25)21-9-8-14-5-7-17-18(10-14)27-12-26-17/h4-7,10-11H,8-9,12H2,1-3H3,(H2,21,22,25). The van der Waals surface area contributed by atoms with E-state index in [4.69, 9.17) is 9.47 Å². The average Bonchev–Trinajstić information content (AvgIpc) is 3.10. The number of anilines is 1. The number of hydrogen-bond donors (Lipinski definition) is 2. The van der Waals surface area contributed by atoms with Crippen LogP contribution in [-0.2, 0) is 6.42 Å². The molecule has 3 amide bonds. The lowest BCUT2D eigenvalue weighted by Gasteiger charge is -2.14. The Kier molecular flexibility index (Phi) is 5.49. The Morgan fingerprint density at radius 1 is 1.07 bits per heavy atom. The van der Waals surface area contributed by atoms with Crippen LogP contribution in [0.4, 0.5) is 10.5 Å². The molecule has 3 rings (SSSR count). The molecule has 0 atom stereocenters. The van der Waals surface area contributed by atoms with Crippen molar-refractivity contribution in [2.45, 2.75) is 13.3 Å². The third-order valence-corrected chi connectivity index (χ3v) is 4.28. The second-order valence-electron chi connectivity index (χ2n) is 6.55. The normalized spacial score (nSPS) is 11.8. The highest BCUT2D eigenvalue weighted by Gasteiger charge is 2.14. The molecule has 1 aliphatic heterocycles. The number of fused-ring (bicyclic) bond motifs is 1. The molecule has 1 aliphatic rings. The van der Waals surface area contributed by atoms with Gasteiger partial charge < -0.3 is 25.0 Å². The van der Waals surface area contributed by atoms with Crippen LogP contribution < -0.4 is 20.1 Å². The number of hydrogen-bond acceptors (Lipinski definition) is 4. The summed E-state index contributed by atoms with van der Waals surface area (Å²) in [6, 6.07) is 10.7. The van der Waals surface area contributed by atoms with E-state index in [1.165, 1.54) is 4.90 Å². The first-order chi connectivity index (χ1) is 12.9. The van der Waals surface area contributed by atoms with Gasteiger partial charge in [-0.2, -0.15) is 0 Å². The van der Waals surface area contributed by atoms with Crippen molar-refractivity contribution < 1.29 is 19.1 Å². The molecule has 0 radical (unpaired) electrons. The van der Waals surface area contributed by atoms with Crippen LogP contribution in [0.1, 0.15) is 21.5 Å². The molecule has 2 aromatic rings. The number of carbonyl (C=O) groups is 2. The fourth-order valence-electron chi connectivity index (χ4n) is 2.73. The Morgan fingerprint density at radius 3 is 2.63 bits per heavy atom. The summed E-state index contributed by atoms with van der Waals surface area (Å²) in [4.78, 5) is 25.8. The van der Waals surface area contributed by atoms with E-state index >= 15 is 0 Å². The molecule has 27 heavy (non-hydrogen) atoms. The van der Waals surface area contributed by atoms with Crippen molar-refractivity contribution >= 4 is 17.6 Å². The molecule has 0 spiro atoms. The number of amides is 3. The zero-order valence-corrected chi connectivity index (χ0v) is 15.7. The molecule has 1 heterocycles. The zero-order valence-electron chi connectivity index (χ0n) is 15.7. The molecule has 0 saturated carbocycles. The van der Waals surface area contributed by atoms with Crippen LogP contribution >= 0.6 is 0 Å². The van der Waals surface area contributed by atoms with Gasteiger partial charge in [-0.25, -0.2) is 4.79 Å². The number of rotatable bonds is 5. The van der Waals surface area contributed by atoms with Gasteiger partial charge in [-0.15, -0.1) is 0 Å². The number of benzene rings is 2. The van der Waals surface area contributed by atoms with Crippen molar-refractivity contribution in [3.8, 4) is 11.5 Å². The van der Waals surface area contributed by atoms with Crippen molar-refractivity contribution in [3.63, 3.8) is 0 Å². The van der Waals surface area contributed by atoms with Crippen LogP contribution in [0.2, 0.25) is 0 Å². The summed E-state index contributed by atoms with van der Waals surface area (Å²) in [5.74, 6) is 1.36. The lowest BCUT2D eigenvalue weighted by Crippen LogP contribution is -2.31. The van der Waals surface area contributed by atoms with Crippen LogP contribution in [0.5, 0.6) is 11.5 Å². The summed E-state index contributed by atoms with van der Waals surface area (Å²) in [7, 11) is 3.39. The lowest BCUT2D eigenvalue weighted by molar-refractivity contribution is 0.0827. The molecule has 0 unspecified atom stereocenters. The largest absolute Gasteiger partial charge is 0.454 e. The monoisotopic (exact) mass is 369 g/mol. The fourth-order valence-corrected chi connectivity index (χ4v) is 2.73. The summed E-state index contributed by atoms with van der Waals surface area (Å²) in [6.45, 7) is 2.60. The summed E-state index contributed by atoms with van der Waals surface area (Å²) < 4.78 is 10.6. The fraction of sp³-hybridized carbons (Fsp3) is 0.300. The summed E-state index contributed by atoms with van der Waals surface area (Å²) >= 11 is 0. The summed E-state index contributed by atoms with van der Waals surface area (Å²) in [5, 5.41) is 5.64. The van der Waals surface area contributed by atoms with E-state index in [1.54, 1.807) is 26.2 Å². The second kappa shape index (κ2) is 7.99. The van der Waals surface area contributed by atoms with E-state index in [0.717, 1.165) is 22.6 Å². The van der Waals surface area contributed by atoms with Gasteiger partial charge in [-0.05, 0) is 48.7 Å². The SMILES string of the molecule is Cc1ccc(C(=O)N(C)C)cc1NC(=O)NCCc1ccc2c(c1)OCO2. The van der Waals surface area contributed by atoms with E-state index in [1.807, 2.05) is 31.2 Å². The van der Waals surface area contributed by atoms with E-state index in [2.05, 4.69) is 10.6 Å². The highest BCUT2D eigenvalue weighted by Crippen LogP contribution is 2.32. The topological polar surface area (TPSA) is 79.9 Å². The number of urea groups is 1. The van der Waals surface area contributed by atoms with Gasteiger partial charge in [0.15, 0.2) is 11.5 Å². The van der Waals surface area contributed by atoms with Gasteiger partial charge in [0.1, 0.15) is 0 Å². The Morgan fingerprint density at radius 2 is 1.85 bits per heavy atom. The van der Waals surface area contributed by atoms with E-state index in [-0.39, 0.29) is 18.7 Å². The second-order valence-corrected chi connectivity index (χ2v) is 6.55. The Hall–Kier alpha value is -3.22. The van der Waals surface area contributed by atoms with Gasteiger partial charge in [0.05, 0.1) is 0 Å². The smallest absolute Gasteiger partial charge is 0.319 e. The maximum atomic E-state index is 12.2. The zero-order chi connectivity index (χ0) is 19.4. The van der Waals surface area contributed by atoms with Gasteiger partial charge in [0.2, 0.25) is 6.79 Å². The number of nitrogens with one attached hydrogen (secondary N) is 2. The van der Waals surface area contributed by atoms with Crippen LogP contribution in [-0.4, -0.2) is 44.3 Å². The predicted molar refractivity (Wildman–Crippen MR) is 102 cm³/mol. The lowest BCUT2D eigenvalue weighted by atomic mass is 10.1. The van der Waals surface area contributed by atoms with E-state index in [9.17, 15) is 9.59 Å². The van der Waals surface area contributed by atoms with Crippen LogP contribution in [0.25, 0.3) is 0 Å². The predicted octanol–water partition coefficient (Wildman–Crippen LogP) is 2.79. The van der Waals surface area contributed by atoms with Crippen molar-refractivity contribution in [2.24, 2.45) is 0 Å². The first-order valence-electron chi connectivity index (χ1n) is 8.70. The number of ether oxygens (including phenoxy) is 2. The minimum Gasteiger partial charge on any atom is -0.454 e. The maximum absolute atomic E-state index is 12.2. The average molecular weight is 369 g/mol. The molecule has 2 aromatic carbocycles. The molecule has 7 heteroatoms. The molecule has 0 saturated heterocycles. The molecular formula is C20H23N3O4. The molecule has 0 bridgehead atoms. The van der Waals surface area contributed by atoms with E-state index < -0.39 is 0 Å². The number of nitrogens with zero attached hydrogens (tertiary/aromatic N) is 1.